The predicted molar refractivity (Wildman–Crippen MR) is 73.5 cm³/mol. The van der Waals surface area contributed by atoms with E-state index in [1.54, 1.807) is 0 Å². The number of carbonyl (C=O) groups excluding carboxylic acids is 1. The molecule has 1 heterocycles. The topological polar surface area (TPSA) is 35.6 Å². The third-order valence-corrected chi connectivity index (χ3v) is 3.22. The second-order valence-electron chi connectivity index (χ2n) is 4.43. The van der Waals surface area contributed by atoms with Gasteiger partial charge in [-0.2, -0.15) is 0 Å². The highest BCUT2D eigenvalue weighted by Crippen LogP contribution is 2.31. The number of amides is 1. The summed E-state index contributed by atoms with van der Waals surface area (Å²) in [5.41, 5.74) is 1.98. The van der Waals surface area contributed by atoms with Crippen molar-refractivity contribution in [1.29, 1.82) is 0 Å². The third-order valence-electron chi connectivity index (χ3n) is 2.72. The number of carbonyl (C=O) groups is 1. The maximum absolute atomic E-state index is 11.6. The number of hydrogen-bond acceptors (Lipinski definition) is 3. The van der Waals surface area contributed by atoms with Crippen LogP contribution in [0.4, 0.5) is 11.4 Å². The summed E-state index contributed by atoms with van der Waals surface area (Å²) in [6.45, 7) is 2.22. The molecule has 0 atom stereocenters. The monoisotopic (exact) mass is 297 g/mol. The van der Waals surface area contributed by atoms with Crippen LogP contribution >= 0.6 is 15.9 Å². The van der Waals surface area contributed by atoms with Gasteiger partial charge in [-0.1, -0.05) is 15.9 Å². The van der Waals surface area contributed by atoms with Crippen LogP contribution in [-0.4, -0.2) is 44.5 Å². The molecule has 2 rings (SSSR count). The molecule has 0 aliphatic carbocycles. The molecule has 1 aliphatic heterocycles. The van der Waals surface area contributed by atoms with Crippen molar-refractivity contribution in [2.75, 3.05) is 43.9 Å². The van der Waals surface area contributed by atoms with Gasteiger partial charge in [0.25, 0.3) is 0 Å². The van der Waals surface area contributed by atoms with E-state index in [1.807, 2.05) is 32.3 Å². The van der Waals surface area contributed by atoms with Gasteiger partial charge in [0.2, 0.25) is 5.91 Å². The summed E-state index contributed by atoms with van der Waals surface area (Å²) in [6.07, 6.45) is 0. The van der Waals surface area contributed by atoms with E-state index >= 15 is 0 Å². The normalized spacial score (nSPS) is 14.8. The number of benzene rings is 1. The SMILES string of the molecule is CN(C)CCN1CC(=O)Nc2cc(Br)ccc21. The minimum Gasteiger partial charge on any atom is -0.359 e. The molecule has 0 saturated heterocycles. The maximum atomic E-state index is 11.6. The highest BCUT2D eigenvalue weighted by molar-refractivity contribution is 9.10. The predicted octanol–water partition coefficient (Wildman–Crippen LogP) is 1.77. The Bertz CT molecular complexity index is 434. The number of rotatable bonds is 3. The average Bonchev–Trinajstić information content (AvgIpc) is 2.24. The van der Waals surface area contributed by atoms with E-state index in [1.165, 1.54) is 0 Å². The van der Waals surface area contributed by atoms with E-state index in [2.05, 4.69) is 31.0 Å². The molecule has 92 valence electrons. The van der Waals surface area contributed by atoms with Crippen LogP contribution in [0.1, 0.15) is 0 Å². The summed E-state index contributed by atoms with van der Waals surface area (Å²) < 4.78 is 0.978. The molecule has 0 fully saturated rings. The molecule has 4 nitrogen and oxygen atoms in total. The number of nitrogens with one attached hydrogen (secondary N) is 1. The van der Waals surface area contributed by atoms with Crippen LogP contribution in [0.5, 0.6) is 0 Å². The molecule has 0 unspecified atom stereocenters. The first-order valence-electron chi connectivity index (χ1n) is 5.55. The minimum absolute atomic E-state index is 0.0503. The van der Waals surface area contributed by atoms with Crippen molar-refractivity contribution in [1.82, 2.24) is 4.90 Å². The quantitative estimate of drug-likeness (QED) is 0.924. The number of halogens is 1. The Hall–Kier alpha value is -1.07. The number of hydrogen-bond donors (Lipinski definition) is 1. The number of anilines is 2. The fourth-order valence-corrected chi connectivity index (χ4v) is 2.21. The number of likely N-dealkylation sites (N-methyl/N-ethyl adjacent to an activating group) is 1. The lowest BCUT2D eigenvalue weighted by Crippen LogP contribution is -2.41. The summed E-state index contributed by atoms with van der Waals surface area (Å²) in [5.74, 6) is 0.0503. The van der Waals surface area contributed by atoms with Crippen LogP contribution < -0.4 is 10.2 Å². The summed E-state index contributed by atoms with van der Waals surface area (Å²) in [4.78, 5) is 15.8. The van der Waals surface area contributed by atoms with E-state index in [4.69, 9.17) is 0 Å². The van der Waals surface area contributed by atoms with E-state index in [9.17, 15) is 4.79 Å². The van der Waals surface area contributed by atoms with Crippen molar-refractivity contribution in [3.63, 3.8) is 0 Å². The van der Waals surface area contributed by atoms with Crippen LogP contribution in [-0.2, 0) is 4.79 Å². The van der Waals surface area contributed by atoms with Crippen LogP contribution in [0.25, 0.3) is 0 Å². The van der Waals surface area contributed by atoms with Gasteiger partial charge >= 0.3 is 0 Å². The van der Waals surface area contributed by atoms with Gasteiger partial charge < -0.3 is 15.1 Å². The van der Waals surface area contributed by atoms with Gasteiger partial charge in [0, 0.05) is 17.6 Å². The molecule has 17 heavy (non-hydrogen) atoms. The van der Waals surface area contributed by atoms with Crippen molar-refractivity contribution < 1.29 is 4.79 Å². The molecule has 1 N–H and O–H groups in total. The molecule has 1 aromatic rings. The molecular weight excluding hydrogens is 282 g/mol. The van der Waals surface area contributed by atoms with Crippen LogP contribution in [0, 0.1) is 0 Å². The molecule has 0 bridgehead atoms. The zero-order valence-corrected chi connectivity index (χ0v) is 11.6. The van der Waals surface area contributed by atoms with E-state index in [-0.39, 0.29) is 5.91 Å². The molecule has 0 radical (unpaired) electrons. The molecule has 0 spiro atoms. The number of nitrogens with zero attached hydrogens (tertiary/aromatic N) is 2. The van der Waals surface area contributed by atoms with Crippen LogP contribution in [0.3, 0.4) is 0 Å². The van der Waals surface area contributed by atoms with Crippen LogP contribution in [0.2, 0.25) is 0 Å². The second kappa shape index (κ2) is 5.06. The Morgan fingerprint density at radius 2 is 2.24 bits per heavy atom. The van der Waals surface area contributed by atoms with Crippen molar-refractivity contribution >= 4 is 33.2 Å². The third kappa shape index (κ3) is 2.98. The molecule has 0 aromatic heterocycles. The molecule has 5 heteroatoms. The largest absolute Gasteiger partial charge is 0.359 e. The zero-order valence-electron chi connectivity index (χ0n) is 10.0. The Morgan fingerprint density at radius 1 is 1.47 bits per heavy atom. The summed E-state index contributed by atoms with van der Waals surface area (Å²) in [6, 6.07) is 5.97. The molecule has 1 aliphatic rings. The first-order valence-corrected chi connectivity index (χ1v) is 6.34. The van der Waals surface area contributed by atoms with Gasteiger partial charge in [-0.15, -0.1) is 0 Å². The lowest BCUT2D eigenvalue weighted by atomic mass is 10.2. The molecule has 1 aromatic carbocycles. The van der Waals surface area contributed by atoms with Crippen molar-refractivity contribution in [2.45, 2.75) is 0 Å². The standard InChI is InChI=1S/C12H16BrN3O/c1-15(2)5-6-16-8-12(17)14-10-7-9(13)3-4-11(10)16/h3-4,7H,5-6,8H2,1-2H3,(H,14,17). The fourth-order valence-electron chi connectivity index (χ4n) is 1.85. The van der Waals surface area contributed by atoms with Gasteiger partial charge in [0.1, 0.15) is 0 Å². The van der Waals surface area contributed by atoms with Gasteiger partial charge in [0.05, 0.1) is 17.9 Å². The van der Waals surface area contributed by atoms with E-state index in [0.717, 1.165) is 28.9 Å². The second-order valence-corrected chi connectivity index (χ2v) is 5.35. The lowest BCUT2D eigenvalue weighted by molar-refractivity contribution is -0.115. The van der Waals surface area contributed by atoms with Gasteiger partial charge in [-0.3, -0.25) is 4.79 Å². The zero-order chi connectivity index (χ0) is 12.4. The molecule has 1 amide bonds. The summed E-state index contributed by atoms with van der Waals surface area (Å²) in [7, 11) is 4.07. The van der Waals surface area contributed by atoms with E-state index < -0.39 is 0 Å². The minimum atomic E-state index is 0.0503. The Labute approximate surface area is 110 Å². The summed E-state index contributed by atoms with van der Waals surface area (Å²) in [5, 5.41) is 2.89. The first-order chi connectivity index (χ1) is 8.06. The maximum Gasteiger partial charge on any atom is 0.243 e. The van der Waals surface area contributed by atoms with Gasteiger partial charge in [-0.25, -0.2) is 0 Å². The number of fused-ring (bicyclic) bond motifs is 1. The van der Waals surface area contributed by atoms with E-state index in [0.29, 0.717) is 6.54 Å². The first kappa shape index (κ1) is 12.4. The van der Waals surface area contributed by atoms with Crippen molar-refractivity contribution in [3.8, 4) is 0 Å². The smallest absolute Gasteiger partial charge is 0.243 e. The van der Waals surface area contributed by atoms with Crippen molar-refractivity contribution in [2.24, 2.45) is 0 Å². The Kier molecular flexibility index (Phi) is 3.69. The average molecular weight is 298 g/mol. The summed E-state index contributed by atoms with van der Waals surface area (Å²) >= 11 is 3.41. The van der Waals surface area contributed by atoms with Crippen LogP contribution in [0.15, 0.2) is 22.7 Å². The fraction of sp³-hybridized carbons (Fsp3) is 0.417. The van der Waals surface area contributed by atoms with Gasteiger partial charge in [0.15, 0.2) is 0 Å². The molecule has 0 saturated carbocycles. The Morgan fingerprint density at radius 3 is 2.94 bits per heavy atom. The van der Waals surface area contributed by atoms with Crippen molar-refractivity contribution in [3.05, 3.63) is 22.7 Å². The Balaban J connectivity index is 2.22. The lowest BCUT2D eigenvalue weighted by Gasteiger charge is -2.31. The van der Waals surface area contributed by atoms with Gasteiger partial charge in [-0.05, 0) is 32.3 Å². The molecular formula is C12H16BrN3O. The highest BCUT2D eigenvalue weighted by Gasteiger charge is 2.21. The highest BCUT2D eigenvalue weighted by atomic mass is 79.9.